The number of ether oxygens (including phenoxy) is 3. The molecular formula is C48H48ClN3O8. The number of piperidine rings is 1. The van der Waals surface area contributed by atoms with E-state index in [-0.39, 0.29) is 44.3 Å². The molecule has 0 spiro atoms. The Morgan fingerprint density at radius 1 is 0.800 bits per heavy atom. The molecule has 11 nitrogen and oxygen atoms in total. The van der Waals surface area contributed by atoms with Crippen LogP contribution >= 0.6 is 11.6 Å². The first-order valence-electron chi connectivity index (χ1n) is 20.3. The summed E-state index contributed by atoms with van der Waals surface area (Å²) in [5.41, 5.74) is 5.99. The minimum absolute atomic E-state index is 0.0418. The molecule has 3 aliphatic heterocycles. The molecule has 3 N–H and O–H groups in total. The van der Waals surface area contributed by atoms with Crippen molar-refractivity contribution in [1.29, 1.82) is 0 Å². The van der Waals surface area contributed by atoms with E-state index in [1.54, 1.807) is 0 Å². The van der Waals surface area contributed by atoms with Crippen molar-refractivity contribution >= 4 is 29.5 Å². The van der Waals surface area contributed by atoms with Crippen LogP contribution in [0, 0.1) is 0 Å². The van der Waals surface area contributed by atoms with Gasteiger partial charge in [-0.3, -0.25) is 14.5 Å². The average Bonchev–Trinajstić information content (AvgIpc) is 3.54. The van der Waals surface area contributed by atoms with Crippen LogP contribution in [0.1, 0.15) is 71.5 Å². The second kappa shape index (κ2) is 18.5. The number of hydrogen-bond acceptors (Lipinski definition) is 9. The van der Waals surface area contributed by atoms with E-state index in [4.69, 9.17) is 25.8 Å². The summed E-state index contributed by atoms with van der Waals surface area (Å²) in [4.78, 5) is 42.3. The van der Waals surface area contributed by atoms with Gasteiger partial charge >= 0.3 is 6.09 Å². The van der Waals surface area contributed by atoms with Crippen molar-refractivity contribution in [2.24, 2.45) is 0 Å². The molecule has 3 heterocycles. The van der Waals surface area contributed by atoms with Crippen molar-refractivity contribution in [3.63, 3.8) is 0 Å². The standard InChI is InChI=1S/C48H48ClN3O8/c49-40-18-16-39(17-19-40)48(57)20-22-51(23-21-48)29-41-26-43(35-14-12-32(30-53)13-15-35)60-46(59-41)38-11-5-10-37(25-38)36-9-4-8-34(24-36)28-52-44(54)27-42(45(52)55)50-47(56)58-31-33-6-2-1-3-7-33/h1-19,24-25,41-43,46,53,57H,20-23,26-31H2,(H,50,56)/t41-,42?,43+,46+/m1/s1. The molecule has 3 aliphatic rings. The molecule has 310 valence electrons. The summed E-state index contributed by atoms with van der Waals surface area (Å²) in [6.07, 6.45) is -0.178. The SMILES string of the molecule is O=C(NC1CC(=O)N(Cc2cccc(-c3cccc([C@H]4O[C@@H](CN5CCC(O)(c6ccc(Cl)cc6)CC5)C[C@@H](c5ccc(CO)cc5)O4)c3)c2)C1=O)OCc1ccccc1. The summed E-state index contributed by atoms with van der Waals surface area (Å²) in [7, 11) is 0. The maximum Gasteiger partial charge on any atom is 0.408 e. The quantitative estimate of drug-likeness (QED) is 0.109. The van der Waals surface area contributed by atoms with Gasteiger partial charge in [0.15, 0.2) is 6.29 Å². The molecule has 0 aromatic heterocycles. The second-order valence-corrected chi connectivity index (χ2v) is 16.2. The fourth-order valence-electron chi connectivity index (χ4n) is 8.24. The van der Waals surface area contributed by atoms with Crippen LogP contribution in [0.3, 0.4) is 0 Å². The Kier molecular flexibility index (Phi) is 12.7. The van der Waals surface area contributed by atoms with Gasteiger partial charge in [-0.2, -0.15) is 0 Å². The summed E-state index contributed by atoms with van der Waals surface area (Å²) in [6.45, 7) is 2.15. The molecule has 12 heteroatoms. The lowest BCUT2D eigenvalue weighted by Gasteiger charge is -2.42. The molecule has 5 aromatic carbocycles. The predicted octanol–water partition coefficient (Wildman–Crippen LogP) is 7.58. The topological polar surface area (TPSA) is 138 Å². The van der Waals surface area contributed by atoms with E-state index in [2.05, 4.69) is 10.2 Å². The number of amides is 3. The number of carbonyl (C=O) groups is 3. The number of imide groups is 1. The van der Waals surface area contributed by atoms with E-state index in [1.807, 2.05) is 127 Å². The number of likely N-dealkylation sites (tertiary alicyclic amines) is 2. The maximum atomic E-state index is 13.3. The highest BCUT2D eigenvalue weighted by molar-refractivity contribution is 6.30. The zero-order valence-corrected chi connectivity index (χ0v) is 33.9. The molecule has 0 aliphatic carbocycles. The Labute approximate surface area is 354 Å². The summed E-state index contributed by atoms with van der Waals surface area (Å²) >= 11 is 6.11. The molecular weight excluding hydrogens is 782 g/mol. The Bertz CT molecular complexity index is 2280. The average molecular weight is 830 g/mol. The number of nitrogens with one attached hydrogen (secondary N) is 1. The van der Waals surface area contributed by atoms with Gasteiger partial charge < -0.3 is 34.6 Å². The molecule has 3 saturated heterocycles. The summed E-state index contributed by atoms with van der Waals surface area (Å²) in [6, 6.07) is 39.1. The molecule has 60 heavy (non-hydrogen) atoms. The van der Waals surface area contributed by atoms with Crippen LogP contribution in [-0.2, 0) is 49.2 Å². The molecule has 5 aromatic rings. The minimum atomic E-state index is -0.996. The molecule has 3 amide bonds. The predicted molar refractivity (Wildman–Crippen MR) is 225 cm³/mol. The zero-order chi connectivity index (χ0) is 41.6. The van der Waals surface area contributed by atoms with Crippen LogP contribution in [0.5, 0.6) is 0 Å². The summed E-state index contributed by atoms with van der Waals surface area (Å²) < 4.78 is 18.7. The number of halogens is 1. The van der Waals surface area contributed by atoms with Crippen LogP contribution in [-0.4, -0.2) is 69.7 Å². The lowest BCUT2D eigenvalue weighted by atomic mass is 9.84. The zero-order valence-electron chi connectivity index (χ0n) is 33.1. The van der Waals surface area contributed by atoms with E-state index in [0.29, 0.717) is 43.9 Å². The third-order valence-corrected chi connectivity index (χ3v) is 11.9. The number of alkyl carbamates (subject to hydrolysis) is 1. The Balaban J connectivity index is 0.940. The van der Waals surface area contributed by atoms with E-state index < -0.39 is 29.9 Å². The number of benzene rings is 5. The maximum absolute atomic E-state index is 13.3. The Hall–Kier alpha value is -5.40. The summed E-state index contributed by atoms with van der Waals surface area (Å²) in [5, 5.41) is 24.4. The number of aliphatic hydroxyl groups excluding tert-OH is 1. The highest BCUT2D eigenvalue weighted by Crippen LogP contribution is 2.40. The summed E-state index contributed by atoms with van der Waals surface area (Å²) in [5.74, 6) is -0.850. The lowest BCUT2D eigenvalue weighted by Crippen LogP contribution is -2.46. The van der Waals surface area contributed by atoms with Gasteiger partial charge in [0.05, 0.1) is 37.4 Å². The number of aliphatic hydroxyl groups is 2. The molecule has 1 unspecified atom stereocenters. The van der Waals surface area contributed by atoms with E-state index in [0.717, 1.165) is 44.5 Å². The van der Waals surface area contributed by atoms with Crippen molar-refractivity contribution in [3.8, 4) is 11.1 Å². The van der Waals surface area contributed by atoms with Gasteiger partial charge in [0.1, 0.15) is 12.6 Å². The van der Waals surface area contributed by atoms with Crippen LogP contribution in [0.4, 0.5) is 4.79 Å². The first kappa shape index (κ1) is 41.3. The number of rotatable bonds is 12. The van der Waals surface area contributed by atoms with Crippen LogP contribution in [0.25, 0.3) is 11.1 Å². The number of nitrogens with zero attached hydrogens (tertiary/aromatic N) is 2. The molecule has 0 radical (unpaired) electrons. The Morgan fingerprint density at radius 3 is 2.23 bits per heavy atom. The fraction of sp³-hybridized carbons (Fsp3) is 0.312. The van der Waals surface area contributed by atoms with Gasteiger partial charge in [-0.15, -0.1) is 0 Å². The molecule has 4 atom stereocenters. The van der Waals surface area contributed by atoms with Gasteiger partial charge in [-0.05, 0) is 76.1 Å². The first-order chi connectivity index (χ1) is 29.1. The third kappa shape index (κ3) is 9.79. The number of carbonyl (C=O) groups excluding carboxylic acids is 3. The third-order valence-electron chi connectivity index (χ3n) is 11.7. The first-order valence-corrected chi connectivity index (χ1v) is 20.7. The molecule has 8 rings (SSSR count). The number of hydrogen-bond donors (Lipinski definition) is 3. The van der Waals surface area contributed by atoms with Crippen molar-refractivity contribution in [1.82, 2.24) is 15.1 Å². The highest BCUT2D eigenvalue weighted by atomic mass is 35.5. The smallest absolute Gasteiger partial charge is 0.408 e. The van der Waals surface area contributed by atoms with Gasteiger partial charge in [-0.1, -0.05) is 115 Å². The van der Waals surface area contributed by atoms with E-state index >= 15 is 0 Å². The minimum Gasteiger partial charge on any atom is -0.445 e. The van der Waals surface area contributed by atoms with Crippen molar-refractivity contribution < 1.29 is 38.8 Å². The molecule has 0 bridgehead atoms. The normalized spacial score (nSPS) is 21.8. The fourth-order valence-corrected chi connectivity index (χ4v) is 8.37. The van der Waals surface area contributed by atoms with Gasteiger partial charge in [0.25, 0.3) is 5.91 Å². The van der Waals surface area contributed by atoms with Crippen LogP contribution < -0.4 is 5.32 Å². The van der Waals surface area contributed by atoms with E-state index in [9.17, 15) is 24.6 Å². The monoisotopic (exact) mass is 829 g/mol. The largest absolute Gasteiger partial charge is 0.445 e. The van der Waals surface area contributed by atoms with Gasteiger partial charge in [0.2, 0.25) is 5.91 Å². The van der Waals surface area contributed by atoms with Crippen LogP contribution in [0.2, 0.25) is 5.02 Å². The second-order valence-electron chi connectivity index (χ2n) is 15.8. The Morgan fingerprint density at radius 2 is 1.50 bits per heavy atom. The highest BCUT2D eigenvalue weighted by Gasteiger charge is 2.40. The van der Waals surface area contributed by atoms with Crippen molar-refractivity contribution in [2.75, 3.05) is 19.6 Å². The van der Waals surface area contributed by atoms with Gasteiger partial charge in [-0.25, -0.2) is 4.79 Å². The van der Waals surface area contributed by atoms with Crippen molar-refractivity contribution in [3.05, 3.63) is 166 Å². The molecule has 0 saturated carbocycles. The van der Waals surface area contributed by atoms with Crippen LogP contribution in [0.15, 0.2) is 127 Å². The van der Waals surface area contributed by atoms with E-state index in [1.165, 1.54) is 4.90 Å². The molecule has 3 fully saturated rings. The van der Waals surface area contributed by atoms with Gasteiger partial charge in [0, 0.05) is 36.6 Å². The lowest BCUT2D eigenvalue weighted by molar-refractivity contribution is -0.253. The van der Waals surface area contributed by atoms with Crippen molar-refractivity contribution in [2.45, 2.75) is 75.6 Å².